The molecule has 0 radical (unpaired) electrons. The second-order valence-electron chi connectivity index (χ2n) is 12.6. The Bertz CT molecular complexity index is 1660. The second-order valence-corrected chi connectivity index (χ2v) is 22.7. The normalized spacial score (nSPS) is 21.3. The molecule has 1 aliphatic rings. The Balaban J connectivity index is 1.47. The van der Waals surface area contributed by atoms with E-state index in [1.54, 1.807) is 42.0 Å². The molecule has 1 aliphatic heterocycles. The third-order valence-corrected chi connectivity index (χ3v) is 17.4. The summed E-state index contributed by atoms with van der Waals surface area (Å²) in [4.78, 5) is 26.5. The van der Waals surface area contributed by atoms with Crippen molar-refractivity contribution in [2.75, 3.05) is 17.7 Å². The van der Waals surface area contributed by atoms with Crippen LogP contribution in [0.3, 0.4) is 0 Å². The highest BCUT2D eigenvalue weighted by atomic mass is 32.9. The van der Waals surface area contributed by atoms with Gasteiger partial charge in [-0.3, -0.25) is 9.36 Å². The fraction of sp³-hybridized carbons (Fsp3) is 0.419. The van der Waals surface area contributed by atoms with Crippen LogP contribution in [-0.2, 0) is 21.0 Å². The van der Waals surface area contributed by atoms with E-state index in [0.29, 0.717) is 28.3 Å². The van der Waals surface area contributed by atoms with Gasteiger partial charge in [0.2, 0.25) is 0 Å². The molecule has 5 rings (SSSR count). The van der Waals surface area contributed by atoms with E-state index in [-0.39, 0.29) is 34.9 Å². The lowest BCUT2D eigenvalue weighted by atomic mass is 10.1. The van der Waals surface area contributed by atoms with Crippen molar-refractivity contribution in [1.82, 2.24) is 24.6 Å². The molecule has 0 spiro atoms. The highest BCUT2D eigenvalue weighted by Crippen LogP contribution is 2.49. The van der Waals surface area contributed by atoms with E-state index in [4.69, 9.17) is 21.0 Å². The Morgan fingerprint density at radius 3 is 2.46 bits per heavy atom. The van der Waals surface area contributed by atoms with Crippen molar-refractivity contribution >= 4 is 73.1 Å². The number of anilines is 1. The molecule has 1 saturated heterocycles. The van der Waals surface area contributed by atoms with Gasteiger partial charge in [-0.1, -0.05) is 69.3 Å². The molecule has 3 N–H and O–H groups in total. The molecule has 15 heteroatoms. The van der Waals surface area contributed by atoms with Gasteiger partial charge in [0.25, 0.3) is 5.91 Å². The summed E-state index contributed by atoms with van der Waals surface area (Å²) in [6.07, 6.45) is 1.67. The van der Waals surface area contributed by atoms with Gasteiger partial charge in [-0.25, -0.2) is 15.0 Å². The quantitative estimate of drug-likeness (QED) is 0.0735. The Morgan fingerprint density at radius 2 is 1.83 bits per heavy atom. The third-order valence-electron chi connectivity index (χ3n) is 8.48. The summed E-state index contributed by atoms with van der Waals surface area (Å²) in [6.45, 7) is 11.0. The first-order valence-electron chi connectivity index (χ1n) is 15.0. The van der Waals surface area contributed by atoms with E-state index in [9.17, 15) is 9.90 Å². The zero-order chi connectivity index (χ0) is 33.1. The van der Waals surface area contributed by atoms with Crippen LogP contribution in [0.25, 0.3) is 11.2 Å². The number of aliphatic hydroxyl groups is 1. The average Bonchev–Trinajstić information content (AvgIpc) is 3.61. The van der Waals surface area contributed by atoms with E-state index in [1.807, 2.05) is 41.0 Å². The zero-order valence-electron chi connectivity index (χ0n) is 26.4. The van der Waals surface area contributed by atoms with Gasteiger partial charge in [0.1, 0.15) is 35.1 Å². The molecule has 6 atom stereocenters. The van der Waals surface area contributed by atoms with Crippen molar-refractivity contribution in [3.05, 3.63) is 84.4 Å². The molecule has 10 nitrogen and oxygen atoms in total. The van der Waals surface area contributed by atoms with Crippen LogP contribution in [0.5, 0.6) is 0 Å². The van der Waals surface area contributed by atoms with Crippen molar-refractivity contribution in [1.29, 1.82) is 0 Å². The number of nitrogens with one attached hydrogen (secondary N) is 2. The highest BCUT2D eigenvalue weighted by molar-refractivity contribution is 8.63. The number of aliphatic hydroxyl groups excluding tert-OH is 1. The van der Waals surface area contributed by atoms with Crippen molar-refractivity contribution in [2.24, 2.45) is 0 Å². The number of carbonyl (C=O) groups is 1. The lowest BCUT2D eigenvalue weighted by Crippen LogP contribution is -2.51. The number of thiol groups is 1. The van der Waals surface area contributed by atoms with Crippen molar-refractivity contribution in [3.63, 3.8) is 0 Å². The molecule has 3 heterocycles. The molecule has 0 saturated carbocycles. The van der Waals surface area contributed by atoms with E-state index >= 15 is 0 Å². The SMILES string of the molecule is CC(C)(C)[Si](C)(C)O[C@@H]1[C@H](N[P+](=S)S[C@@H](CO)c2ccccc2)[C@@H](CS)O[C@H]1n1cnc2c(NC(=O)c3ccccc3)ncnc21. The molecule has 2 aromatic carbocycles. The van der Waals surface area contributed by atoms with Crippen LogP contribution in [0.1, 0.15) is 48.2 Å². The van der Waals surface area contributed by atoms with Crippen LogP contribution >= 0.6 is 30.1 Å². The number of benzene rings is 2. The van der Waals surface area contributed by atoms with Crippen molar-refractivity contribution in [2.45, 2.75) is 68.6 Å². The molecule has 2 aromatic heterocycles. The minimum absolute atomic E-state index is 0.0284. The summed E-state index contributed by atoms with van der Waals surface area (Å²) in [7, 11) is -2.33. The maximum atomic E-state index is 13.0. The van der Waals surface area contributed by atoms with Crippen LogP contribution in [0.4, 0.5) is 5.82 Å². The number of imidazole rings is 1. The van der Waals surface area contributed by atoms with Crippen molar-refractivity contribution < 1.29 is 19.1 Å². The number of ether oxygens (including phenoxy) is 1. The van der Waals surface area contributed by atoms with Gasteiger partial charge in [0, 0.05) is 11.3 Å². The molecular formula is C31H40N6O4PS3Si+. The second kappa shape index (κ2) is 14.9. The van der Waals surface area contributed by atoms with Gasteiger partial charge < -0.3 is 19.6 Å². The summed E-state index contributed by atoms with van der Waals surface area (Å²) in [5, 5.41) is 16.5. The molecule has 0 aliphatic carbocycles. The maximum absolute atomic E-state index is 13.0. The number of rotatable bonds is 12. The van der Waals surface area contributed by atoms with Gasteiger partial charge in [-0.2, -0.15) is 12.6 Å². The first kappa shape index (κ1) is 35.1. The lowest BCUT2D eigenvalue weighted by molar-refractivity contribution is -0.0246. The third kappa shape index (κ3) is 7.72. The summed E-state index contributed by atoms with van der Waals surface area (Å²) in [6, 6.07) is 17.3. The summed E-state index contributed by atoms with van der Waals surface area (Å²) in [5.74, 6) is 0.440. The predicted octanol–water partition coefficient (Wildman–Crippen LogP) is 6.50. The number of fused-ring (bicyclic) bond motifs is 1. The van der Waals surface area contributed by atoms with Gasteiger partial charge >= 0.3 is 6.05 Å². The number of aromatic nitrogens is 4. The van der Waals surface area contributed by atoms with E-state index in [0.717, 1.165) is 5.56 Å². The fourth-order valence-electron chi connectivity index (χ4n) is 4.95. The number of carbonyl (C=O) groups excluding carboxylic acids is 1. The number of hydrogen-bond donors (Lipinski definition) is 4. The Labute approximate surface area is 286 Å². The molecule has 0 bridgehead atoms. The highest BCUT2D eigenvalue weighted by Gasteiger charge is 2.53. The van der Waals surface area contributed by atoms with Gasteiger partial charge in [-0.05, 0) is 35.8 Å². The molecule has 1 fully saturated rings. The smallest absolute Gasteiger partial charge is 0.339 e. The minimum Gasteiger partial charge on any atom is -0.407 e. The molecule has 46 heavy (non-hydrogen) atoms. The number of hydrogen-bond acceptors (Lipinski definition) is 10. The molecule has 244 valence electrons. The lowest BCUT2D eigenvalue weighted by Gasteiger charge is -2.40. The maximum Gasteiger partial charge on any atom is 0.339 e. The number of amides is 1. The molecular weight excluding hydrogens is 676 g/mol. The first-order valence-corrected chi connectivity index (χ1v) is 22.4. The van der Waals surface area contributed by atoms with Crippen molar-refractivity contribution in [3.8, 4) is 0 Å². The molecule has 4 aromatic rings. The summed E-state index contributed by atoms with van der Waals surface area (Å²) >= 11 is 12.2. The largest absolute Gasteiger partial charge is 0.407 e. The fourth-order valence-corrected chi connectivity index (χ4v) is 10.9. The minimum atomic E-state index is -2.33. The molecule has 1 unspecified atom stereocenters. The predicted molar refractivity (Wildman–Crippen MR) is 195 cm³/mol. The zero-order valence-corrected chi connectivity index (χ0v) is 30.8. The van der Waals surface area contributed by atoms with Crippen LogP contribution in [0.15, 0.2) is 73.3 Å². The first-order chi connectivity index (χ1) is 21.9. The van der Waals surface area contributed by atoms with E-state index in [1.165, 1.54) is 6.33 Å². The van der Waals surface area contributed by atoms with Gasteiger partial charge in [-0.15, -0.1) is 5.09 Å². The van der Waals surface area contributed by atoms with Crippen LogP contribution in [0, 0.1) is 0 Å². The van der Waals surface area contributed by atoms with E-state index in [2.05, 4.69) is 71.9 Å². The summed E-state index contributed by atoms with van der Waals surface area (Å²) < 4.78 is 15.7. The standard InChI is InChI=1S/C31H39N6O4PS3Si/c1-31(2,3)46(4,5)41-26-24(36-42(44)45-23(16-38)20-12-8-6-9-13-20)22(17-43)40-30(26)37-19-34-25-27(32-18-33-28(25)37)35-29(39)21-14-10-7-11-15-21/h6-15,18-19,22-24,26,30,38H,16-17H2,1-5H3,(H2-,32,33,35,36,39,43,44)/p+1/t22-,23+,24-,26-,30-/m1/s1. The number of nitrogens with zero attached hydrogens (tertiary/aromatic N) is 4. The van der Waals surface area contributed by atoms with Gasteiger partial charge in [0.15, 0.2) is 43.3 Å². The summed E-state index contributed by atoms with van der Waals surface area (Å²) in [5.41, 5.74) is 2.48. The van der Waals surface area contributed by atoms with E-state index < -0.39 is 26.7 Å². The Morgan fingerprint density at radius 1 is 1.15 bits per heavy atom. The monoisotopic (exact) mass is 715 g/mol. The van der Waals surface area contributed by atoms with Crippen LogP contribution in [0.2, 0.25) is 18.1 Å². The Kier molecular flexibility index (Phi) is 11.3. The van der Waals surface area contributed by atoms with Crippen LogP contribution < -0.4 is 10.4 Å². The van der Waals surface area contributed by atoms with Crippen LogP contribution in [-0.4, -0.2) is 69.5 Å². The Hall–Kier alpha value is -2.26. The molecule has 1 amide bonds. The van der Waals surface area contributed by atoms with Gasteiger partial charge in [0.05, 0.1) is 19.0 Å². The topological polar surface area (TPSA) is 123 Å². The average molecular weight is 716 g/mol.